The summed E-state index contributed by atoms with van der Waals surface area (Å²) in [5.74, 6) is 6.90. The molecular formula is C28H21NO. The summed E-state index contributed by atoms with van der Waals surface area (Å²) in [5.41, 5.74) is 5.36. The van der Waals surface area contributed by atoms with E-state index < -0.39 is 0 Å². The van der Waals surface area contributed by atoms with Gasteiger partial charge in [-0.1, -0.05) is 66.4 Å². The number of hydrogen-bond acceptors (Lipinski definition) is 1. The van der Waals surface area contributed by atoms with Crippen molar-refractivity contribution in [3.8, 4) is 17.6 Å². The van der Waals surface area contributed by atoms with Crippen molar-refractivity contribution >= 4 is 21.7 Å². The SMILES string of the molecule is Oc1cc2ccc(C#CCc3cc4ccccc4[nH]3)cc2cc1Cc1ccccc1. The molecule has 0 atom stereocenters. The van der Waals surface area contributed by atoms with Crippen molar-refractivity contribution in [2.24, 2.45) is 0 Å². The number of benzene rings is 4. The lowest BCUT2D eigenvalue weighted by molar-refractivity contribution is 0.470. The largest absolute Gasteiger partial charge is 0.508 e. The average molecular weight is 387 g/mol. The zero-order chi connectivity index (χ0) is 20.3. The van der Waals surface area contributed by atoms with Gasteiger partial charge in [0.1, 0.15) is 5.75 Å². The molecule has 2 nitrogen and oxygen atoms in total. The molecule has 0 spiro atoms. The van der Waals surface area contributed by atoms with E-state index in [-0.39, 0.29) is 0 Å². The number of aromatic hydroxyl groups is 1. The maximum atomic E-state index is 10.4. The number of aromatic nitrogens is 1. The standard InChI is InChI=1S/C28H21NO/c30-28-19-22-14-13-21(9-6-11-26-18-23-10-4-5-12-27(23)29-26)15-24(22)17-25(28)16-20-7-2-1-3-8-20/h1-5,7-8,10,12-15,17-19,29-30H,11,16H2. The molecular weight excluding hydrogens is 366 g/mol. The van der Waals surface area contributed by atoms with Crippen LogP contribution in [0.1, 0.15) is 22.4 Å². The highest BCUT2D eigenvalue weighted by Crippen LogP contribution is 2.27. The highest BCUT2D eigenvalue weighted by molar-refractivity contribution is 5.86. The van der Waals surface area contributed by atoms with E-state index in [9.17, 15) is 5.11 Å². The van der Waals surface area contributed by atoms with Gasteiger partial charge in [-0.05, 0) is 63.7 Å². The van der Waals surface area contributed by atoms with Gasteiger partial charge in [0.15, 0.2) is 0 Å². The number of rotatable bonds is 3. The first-order chi connectivity index (χ1) is 14.7. The van der Waals surface area contributed by atoms with Crippen LogP contribution in [0.2, 0.25) is 0 Å². The van der Waals surface area contributed by atoms with Crippen LogP contribution in [0.5, 0.6) is 5.75 Å². The van der Waals surface area contributed by atoms with Crippen LogP contribution in [0, 0.1) is 11.8 Å². The number of aromatic amines is 1. The first-order valence-corrected chi connectivity index (χ1v) is 10.1. The van der Waals surface area contributed by atoms with Gasteiger partial charge in [-0.2, -0.15) is 0 Å². The highest BCUT2D eigenvalue weighted by Gasteiger charge is 2.06. The summed E-state index contributed by atoms with van der Waals surface area (Å²) in [7, 11) is 0. The van der Waals surface area contributed by atoms with Gasteiger partial charge in [-0.25, -0.2) is 0 Å². The predicted octanol–water partition coefficient (Wildman–Crippen LogP) is 6.21. The molecule has 0 saturated carbocycles. The maximum Gasteiger partial charge on any atom is 0.119 e. The Labute approximate surface area is 175 Å². The minimum atomic E-state index is 0.337. The third kappa shape index (κ3) is 3.79. The van der Waals surface area contributed by atoms with Crippen LogP contribution in [-0.4, -0.2) is 10.1 Å². The Morgan fingerprint density at radius 2 is 1.57 bits per heavy atom. The van der Waals surface area contributed by atoms with E-state index in [2.05, 4.69) is 59.3 Å². The molecule has 30 heavy (non-hydrogen) atoms. The van der Waals surface area contributed by atoms with E-state index in [0.29, 0.717) is 18.6 Å². The van der Waals surface area contributed by atoms with Crippen LogP contribution in [0.15, 0.2) is 91.0 Å². The van der Waals surface area contributed by atoms with Gasteiger partial charge < -0.3 is 10.1 Å². The molecule has 5 aromatic rings. The fourth-order valence-electron chi connectivity index (χ4n) is 3.84. The molecule has 0 aliphatic carbocycles. The van der Waals surface area contributed by atoms with Crippen molar-refractivity contribution in [2.75, 3.05) is 0 Å². The maximum absolute atomic E-state index is 10.4. The van der Waals surface area contributed by atoms with Gasteiger partial charge in [-0.3, -0.25) is 0 Å². The second kappa shape index (κ2) is 7.81. The Balaban J connectivity index is 1.40. The molecule has 4 aromatic carbocycles. The third-order valence-electron chi connectivity index (χ3n) is 5.37. The lowest BCUT2D eigenvalue weighted by atomic mass is 9.99. The zero-order valence-electron chi connectivity index (χ0n) is 16.5. The zero-order valence-corrected chi connectivity index (χ0v) is 16.5. The monoisotopic (exact) mass is 387 g/mol. The van der Waals surface area contributed by atoms with Crippen LogP contribution in [-0.2, 0) is 12.8 Å². The van der Waals surface area contributed by atoms with Gasteiger partial charge >= 0.3 is 0 Å². The Kier molecular flexibility index (Phi) is 4.71. The summed E-state index contributed by atoms with van der Waals surface area (Å²) >= 11 is 0. The van der Waals surface area contributed by atoms with Crippen LogP contribution in [0.25, 0.3) is 21.7 Å². The van der Waals surface area contributed by atoms with Crippen LogP contribution < -0.4 is 0 Å². The van der Waals surface area contributed by atoms with Crippen molar-refractivity contribution in [1.29, 1.82) is 0 Å². The van der Waals surface area contributed by atoms with E-state index >= 15 is 0 Å². The Bertz CT molecular complexity index is 1370. The summed E-state index contributed by atoms with van der Waals surface area (Å²) in [6.07, 6.45) is 1.39. The minimum Gasteiger partial charge on any atom is -0.508 e. The highest BCUT2D eigenvalue weighted by atomic mass is 16.3. The number of phenols is 1. The fourth-order valence-corrected chi connectivity index (χ4v) is 3.84. The summed E-state index contributed by atoms with van der Waals surface area (Å²) in [6.45, 7) is 0. The lowest BCUT2D eigenvalue weighted by Gasteiger charge is -2.08. The molecule has 1 aromatic heterocycles. The van der Waals surface area contributed by atoms with Gasteiger partial charge in [0, 0.05) is 29.6 Å². The quantitative estimate of drug-likeness (QED) is 0.355. The molecule has 1 heterocycles. The van der Waals surface area contributed by atoms with Gasteiger partial charge in [0.05, 0.1) is 0 Å². The number of nitrogens with one attached hydrogen (secondary N) is 1. The van der Waals surface area contributed by atoms with Crippen LogP contribution in [0.3, 0.4) is 0 Å². The summed E-state index contributed by atoms with van der Waals surface area (Å²) < 4.78 is 0. The number of para-hydroxylation sites is 1. The predicted molar refractivity (Wildman–Crippen MR) is 124 cm³/mol. The van der Waals surface area contributed by atoms with E-state index in [1.54, 1.807) is 0 Å². The normalized spacial score (nSPS) is 10.8. The molecule has 0 radical (unpaired) electrons. The number of phenolic OH excluding ortho intramolecular Hbond substituents is 1. The molecule has 0 bridgehead atoms. The molecule has 2 N–H and O–H groups in total. The molecule has 144 valence electrons. The summed E-state index contributed by atoms with van der Waals surface area (Å²) in [5, 5.41) is 13.8. The molecule has 5 rings (SSSR count). The Morgan fingerprint density at radius 1 is 0.733 bits per heavy atom. The minimum absolute atomic E-state index is 0.337. The third-order valence-corrected chi connectivity index (χ3v) is 5.37. The first-order valence-electron chi connectivity index (χ1n) is 10.1. The van der Waals surface area contributed by atoms with E-state index in [1.165, 1.54) is 10.9 Å². The summed E-state index contributed by atoms with van der Waals surface area (Å²) in [6, 6.07) is 30.7. The van der Waals surface area contributed by atoms with Crippen molar-refractivity contribution in [2.45, 2.75) is 12.8 Å². The van der Waals surface area contributed by atoms with Gasteiger partial charge in [0.25, 0.3) is 0 Å². The smallest absolute Gasteiger partial charge is 0.119 e. The van der Waals surface area contributed by atoms with Gasteiger partial charge in [0.2, 0.25) is 0 Å². The molecule has 0 fully saturated rings. The van der Waals surface area contributed by atoms with E-state index in [0.717, 1.165) is 33.1 Å². The molecule has 0 aliphatic rings. The second-order valence-corrected chi connectivity index (χ2v) is 7.57. The Hall–Kier alpha value is -3.96. The molecule has 2 heteroatoms. The first kappa shape index (κ1) is 18.1. The molecule has 0 aliphatic heterocycles. The second-order valence-electron chi connectivity index (χ2n) is 7.57. The topological polar surface area (TPSA) is 36.0 Å². The molecule has 0 amide bonds. The summed E-state index contributed by atoms with van der Waals surface area (Å²) in [4.78, 5) is 3.42. The van der Waals surface area contributed by atoms with E-state index in [4.69, 9.17) is 0 Å². The number of fused-ring (bicyclic) bond motifs is 2. The number of H-pyrrole nitrogens is 1. The van der Waals surface area contributed by atoms with Crippen molar-refractivity contribution in [3.63, 3.8) is 0 Å². The fraction of sp³-hybridized carbons (Fsp3) is 0.0714. The van der Waals surface area contributed by atoms with Crippen molar-refractivity contribution < 1.29 is 5.11 Å². The van der Waals surface area contributed by atoms with Gasteiger partial charge in [-0.15, -0.1) is 0 Å². The molecule has 0 unspecified atom stereocenters. The lowest BCUT2D eigenvalue weighted by Crippen LogP contribution is -1.89. The average Bonchev–Trinajstić information content (AvgIpc) is 3.18. The van der Waals surface area contributed by atoms with Crippen LogP contribution >= 0.6 is 0 Å². The Morgan fingerprint density at radius 3 is 2.43 bits per heavy atom. The van der Waals surface area contributed by atoms with Crippen molar-refractivity contribution in [3.05, 3.63) is 113 Å². The van der Waals surface area contributed by atoms with Crippen molar-refractivity contribution in [1.82, 2.24) is 4.98 Å². The van der Waals surface area contributed by atoms with Crippen LogP contribution in [0.4, 0.5) is 0 Å². The number of hydrogen-bond donors (Lipinski definition) is 2. The van der Waals surface area contributed by atoms with E-state index in [1.807, 2.05) is 48.5 Å². The molecule has 0 saturated heterocycles.